The second kappa shape index (κ2) is 10.8. The number of nitrogens with zero attached hydrogens (tertiary/aromatic N) is 4. The topological polar surface area (TPSA) is 91.6 Å². The molecule has 0 radical (unpaired) electrons. The molecular formula is C18H33IN6O2S. The fourth-order valence-corrected chi connectivity index (χ4v) is 4.74. The Balaban J connectivity index is 0.00000280. The standard InChI is InChI=1S/C18H32N6O2S.HI/c1-15-6-9-23(13-17(15)24-10-7-20-14-24)18(19-2)21-8-11-27(25,26)22-12-16-4-3-5-16;/h7,10,14-17,22H,3-6,8-9,11-13H2,1-2H3,(H,19,21);1H. The van der Waals surface area contributed by atoms with Gasteiger partial charge in [0.2, 0.25) is 10.0 Å². The molecule has 28 heavy (non-hydrogen) atoms. The molecule has 2 unspecified atom stereocenters. The SMILES string of the molecule is CN=C(NCCS(=O)(=O)NCC1CCC1)N1CCC(C)C(n2ccnc2)C1.I. The summed E-state index contributed by atoms with van der Waals surface area (Å²) in [5, 5.41) is 3.22. The quantitative estimate of drug-likeness (QED) is 0.322. The number of aliphatic imine (C=N–C) groups is 1. The van der Waals surface area contributed by atoms with E-state index in [0.29, 0.717) is 31.0 Å². The second-order valence-corrected chi connectivity index (χ2v) is 9.65. The van der Waals surface area contributed by atoms with Crippen molar-refractivity contribution in [2.75, 3.05) is 39.0 Å². The van der Waals surface area contributed by atoms with Gasteiger partial charge in [-0.2, -0.15) is 0 Å². The Hall–Kier alpha value is -0.880. The van der Waals surface area contributed by atoms with E-state index < -0.39 is 10.0 Å². The van der Waals surface area contributed by atoms with Gasteiger partial charge in [-0.05, 0) is 31.1 Å². The summed E-state index contributed by atoms with van der Waals surface area (Å²) in [6, 6.07) is 0.340. The van der Waals surface area contributed by atoms with E-state index >= 15 is 0 Å². The Morgan fingerprint density at radius 1 is 1.32 bits per heavy atom. The van der Waals surface area contributed by atoms with Crippen molar-refractivity contribution >= 4 is 40.0 Å². The number of halogens is 1. The van der Waals surface area contributed by atoms with Crippen molar-refractivity contribution in [3.8, 4) is 0 Å². The van der Waals surface area contributed by atoms with Gasteiger partial charge in [0.15, 0.2) is 5.96 Å². The minimum absolute atomic E-state index is 0. The maximum Gasteiger partial charge on any atom is 0.213 e. The van der Waals surface area contributed by atoms with Crippen LogP contribution in [0.2, 0.25) is 0 Å². The molecule has 8 nitrogen and oxygen atoms in total. The van der Waals surface area contributed by atoms with Crippen LogP contribution in [-0.2, 0) is 10.0 Å². The average Bonchev–Trinajstić information content (AvgIpc) is 3.12. The number of aromatic nitrogens is 2. The number of nitrogens with one attached hydrogen (secondary N) is 2. The Morgan fingerprint density at radius 3 is 2.71 bits per heavy atom. The Morgan fingerprint density at radius 2 is 2.11 bits per heavy atom. The zero-order valence-corrected chi connectivity index (χ0v) is 19.9. The van der Waals surface area contributed by atoms with Crippen LogP contribution in [0.25, 0.3) is 0 Å². The Bertz CT molecular complexity index is 720. The summed E-state index contributed by atoms with van der Waals surface area (Å²) >= 11 is 0. The van der Waals surface area contributed by atoms with Gasteiger partial charge < -0.3 is 14.8 Å². The molecule has 1 aliphatic carbocycles. The zero-order chi connectivity index (χ0) is 19.3. The summed E-state index contributed by atoms with van der Waals surface area (Å²) in [6.07, 6.45) is 10.2. The summed E-state index contributed by atoms with van der Waals surface area (Å²) in [7, 11) is -1.49. The summed E-state index contributed by atoms with van der Waals surface area (Å²) in [6.45, 7) is 4.95. The molecule has 0 spiro atoms. The number of rotatable bonds is 7. The van der Waals surface area contributed by atoms with Gasteiger partial charge in [0.05, 0.1) is 18.1 Å². The number of likely N-dealkylation sites (tertiary alicyclic amines) is 1. The normalized spacial score (nSPS) is 23.8. The minimum atomic E-state index is -3.24. The Labute approximate surface area is 185 Å². The molecule has 2 aliphatic rings. The van der Waals surface area contributed by atoms with Crippen molar-refractivity contribution in [2.45, 2.75) is 38.6 Å². The molecule has 2 N–H and O–H groups in total. The molecule has 0 bridgehead atoms. The van der Waals surface area contributed by atoms with E-state index in [0.717, 1.165) is 38.3 Å². The largest absolute Gasteiger partial charge is 0.355 e. The summed E-state index contributed by atoms with van der Waals surface area (Å²) in [4.78, 5) is 10.7. The monoisotopic (exact) mass is 524 g/mol. The van der Waals surface area contributed by atoms with E-state index in [-0.39, 0.29) is 29.7 Å². The molecule has 1 aromatic heterocycles. The number of piperidine rings is 1. The molecule has 1 aliphatic heterocycles. The van der Waals surface area contributed by atoms with Crippen LogP contribution in [0.1, 0.15) is 38.6 Å². The van der Waals surface area contributed by atoms with Gasteiger partial charge in [-0.25, -0.2) is 18.1 Å². The van der Waals surface area contributed by atoms with Crippen LogP contribution in [0, 0.1) is 11.8 Å². The van der Waals surface area contributed by atoms with Gasteiger partial charge in [0.1, 0.15) is 0 Å². The fraction of sp³-hybridized carbons (Fsp3) is 0.778. The first-order chi connectivity index (χ1) is 13.0. The summed E-state index contributed by atoms with van der Waals surface area (Å²) < 4.78 is 29.2. The van der Waals surface area contributed by atoms with Crippen LogP contribution in [0.15, 0.2) is 23.7 Å². The van der Waals surface area contributed by atoms with Crippen molar-refractivity contribution in [2.24, 2.45) is 16.8 Å². The average molecular weight is 524 g/mol. The lowest BCUT2D eigenvalue weighted by atomic mass is 9.86. The lowest BCUT2D eigenvalue weighted by Crippen LogP contribution is -2.50. The van der Waals surface area contributed by atoms with Crippen molar-refractivity contribution in [3.63, 3.8) is 0 Å². The molecule has 0 aromatic carbocycles. The number of imidazole rings is 1. The first-order valence-electron chi connectivity index (χ1n) is 9.89. The van der Waals surface area contributed by atoms with Gasteiger partial charge in [-0.3, -0.25) is 4.99 Å². The van der Waals surface area contributed by atoms with E-state index in [9.17, 15) is 8.42 Å². The third kappa shape index (κ3) is 6.31. The van der Waals surface area contributed by atoms with E-state index in [1.807, 2.05) is 12.5 Å². The highest BCUT2D eigenvalue weighted by atomic mass is 127. The maximum atomic E-state index is 12.2. The van der Waals surface area contributed by atoms with Crippen LogP contribution >= 0.6 is 24.0 Å². The predicted octanol–water partition coefficient (Wildman–Crippen LogP) is 1.68. The molecule has 2 heterocycles. The number of hydrogen-bond acceptors (Lipinski definition) is 4. The fourth-order valence-electron chi connectivity index (χ4n) is 3.74. The lowest BCUT2D eigenvalue weighted by Gasteiger charge is -2.39. The number of guanidine groups is 1. The molecule has 0 amide bonds. The first-order valence-corrected chi connectivity index (χ1v) is 11.5. The number of hydrogen-bond donors (Lipinski definition) is 2. The van der Waals surface area contributed by atoms with Gasteiger partial charge in [-0.1, -0.05) is 13.3 Å². The van der Waals surface area contributed by atoms with Crippen LogP contribution in [0.5, 0.6) is 0 Å². The van der Waals surface area contributed by atoms with Crippen LogP contribution in [-0.4, -0.2) is 67.8 Å². The van der Waals surface area contributed by atoms with Gasteiger partial charge in [0.25, 0.3) is 0 Å². The third-order valence-electron chi connectivity index (χ3n) is 5.81. The molecule has 1 saturated heterocycles. The maximum absolute atomic E-state index is 12.2. The van der Waals surface area contributed by atoms with Crippen LogP contribution < -0.4 is 10.0 Å². The molecule has 2 fully saturated rings. The summed E-state index contributed by atoms with van der Waals surface area (Å²) in [5.41, 5.74) is 0. The molecule has 3 rings (SSSR count). The van der Waals surface area contributed by atoms with E-state index in [1.165, 1.54) is 6.42 Å². The lowest BCUT2D eigenvalue weighted by molar-refractivity contribution is 0.189. The van der Waals surface area contributed by atoms with E-state index in [2.05, 4.69) is 36.4 Å². The highest BCUT2D eigenvalue weighted by molar-refractivity contribution is 14.0. The second-order valence-electron chi connectivity index (χ2n) is 7.73. The zero-order valence-electron chi connectivity index (χ0n) is 16.7. The van der Waals surface area contributed by atoms with Gasteiger partial charge >= 0.3 is 0 Å². The van der Waals surface area contributed by atoms with Crippen LogP contribution in [0.4, 0.5) is 0 Å². The smallest absolute Gasteiger partial charge is 0.213 e. The van der Waals surface area contributed by atoms with Crippen molar-refractivity contribution in [1.29, 1.82) is 0 Å². The predicted molar refractivity (Wildman–Crippen MR) is 123 cm³/mol. The van der Waals surface area contributed by atoms with Crippen molar-refractivity contribution in [3.05, 3.63) is 18.7 Å². The molecule has 2 atom stereocenters. The highest BCUT2D eigenvalue weighted by Crippen LogP contribution is 2.27. The molecule has 1 saturated carbocycles. The Kier molecular flexibility index (Phi) is 9.00. The molecule has 10 heteroatoms. The molecule has 160 valence electrons. The van der Waals surface area contributed by atoms with Crippen LogP contribution in [0.3, 0.4) is 0 Å². The van der Waals surface area contributed by atoms with Crippen molar-refractivity contribution < 1.29 is 8.42 Å². The van der Waals surface area contributed by atoms with Crippen molar-refractivity contribution in [1.82, 2.24) is 24.5 Å². The highest BCUT2D eigenvalue weighted by Gasteiger charge is 2.29. The van der Waals surface area contributed by atoms with E-state index in [1.54, 1.807) is 13.2 Å². The van der Waals surface area contributed by atoms with Gasteiger partial charge in [-0.15, -0.1) is 24.0 Å². The van der Waals surface area contributed by atoms with E-state index in [4.69, 9.17) is 0 Å². The summed E-state index contributed by atoms with van der Waals surface area (Å²) in [5.74, 6) is 1.91. The first kappa shape index (κ1) is 23.4. The van der Waals surface area contributed by atoms with Gasteiger partial charge in [0, 0.05) is 45.6 Å². The number of sulfonamides is 1. The third-order valence-corrected chi connectivity index (χ3v) is 7.16. The molecular weight excluding hydrogens is 491 g/mol. The minimum Gasteiger partial charge on any atom is -0.355 e. The molecule has 1 aromatic rings.